The van der Waals surface area contributed by atoms with Crippen molar-refractivity contribution in [3.8, 4) is 5.75 Å². The molecule has 0 fully saturated rings. The van der Waals surface area contributed by atoms with Gasteiger partial charge in [0.25, 0.3) is 5.69 Å². The van der Waals surface area contributed by atoms with E-state index in [2.05, 4.69) is 22.9 Å². The van der Waals surface area contributed by atoms with Gasteiger partial charge in [0.1, 0.15) is 5.75 Å². The summed E-state index contributed by atoms with van der Waals surface area (Å²) in [6.45, 7) is 2.71. The number of benzene rings is 1. The second-order valence-electron chi connectivity index (χ2n) is 3.43. The van der Waals surface area contributed by atoms with Crippen molar-refractivity contribution in [1.82, 2.24) is 0 Å². The monoisotopic (exact) mass is 287 g/mol. The average molecular weight is 288 g/mol. The Balaban J connectivity index is 2.63. The first kappa shape index (κ1) is 13.0. The maximum absolute atomic E-state index is 10.6. The molecule has 0 amide bonds. The normalized spacial score (nSPS) is 10.1. The number of nitro groups is 1. The van der Waals surface area contributed by atoms with Crippen LogP contribution in [-0.2, 0) is 0 Å². The Bertz CT molecular complexity index is 368. The van der Waals surface area contributed by atoms with Crippen LogP contribution in [0.3, 0.4) is 0 Å². The lowest BCUT2D eigenvalue weighted by Crippen LogP contribution is -1.98. The third-order valence-corrected chi connectivity index (χ3v) is 2.79. The Morgan fingerprint density at radius 2 is 2.19 bits per heavy atom. The molecule has 0 heterocycles. The third-order valence-electron chi connectivity index (χ3n) is 2.13. The number of nitrogens with zero attached hydrogens (tertiary/aromatic N) is 1. The molecule has 0 spiro atoms. The number of hydrogen-bond acceptors (Lipinski definition) is 3. The molecule has 0 unspecified atom stereocenters. The van der Waals surface area contributed by atoms with Crippen molar-refractivity contribution in [2.24, 2.45) is 0 Å². The van der Waals surface area contributed by atoms with E-state index < -0.39 is 4.92 Å². The second-order valence-corrected chi connectivity index (χ2v) is 4.28. The largest absolute Gasteiger partial charge is 0.492 e. The van der Waals surface area contributed by atoms with Crippen LogP contribution in [0.5, 0.6) is 5.75 Å². The zero-order valence-electron chi connectivity index (χ0n) is 9.11. The summed E-state index contributed by atoms with van der Waals surface area (Å²) in [6, 6.07) is 4.52. The molecule has 0 radical (unpaired) electrons. The first-order valence-electron chi connectivity index (χ1n) is 5.22. The Morgan fingerprint density at radius 3 is 2.81 bits per heavy atom. The van der Waals surface area contributed by atoms with Gasteiger partial charge in [0.05, 0.1) is 22.1 Å². The van der Waals surface area contributed by atoms with Crippen LogP contribution in [0.4, 0.5) is 5.69 Å². The quantitative estimate of drug-likeness (QED) is 0.453. The maximum atomic E-state index is 10.6. The molecule has 0 aliphatic carbocycles. The predicted molar refractivity (Wildman–Crippen MR) is 65.8 cm³/mol. The van der Waals surface area contributed by atoms with Crippen molar-refractivity contribution < 1.29 is 9.66 Å². The summed E-state index contributed by atoms with van der Waals surface area (Å²) < 4.78 is 6.22. The van der Waals surface area contributed by atoms with Crippen molar-refractivity contribution in [3.63, 3.8) is 0 Å². The van der Waals surface area contributed by atoms with Gasteiger partial charge in [0, 0.05) is 6.07 Å². The predicted octanol–water partition coefficient (Wildman–Crippen LogP) is 3.93. The average Bonchev–Trinajstić information content (AvgIpc) is 2.26. The Hall–Kier alpha value is -1.10. The molecule has 88 valence electrons. The summed E-state index contributed by atoms with van der Waals surface area (Å²) in [7, 11) is 0. The summed E-state index contributed by atoms with van der Waals surface area (Å²) in [6.07, 6.45) is 3.19. The van der Waals surface area contributed by atoms with E-state index in [0.29, 0.717) is 12.4 Å². The summed E-state index contributed by atoms with van der Waals surface area (Å²) in [5.74, 6) is 0.533. The van der Waals surface area contributed by atoms with Crippen molar-refractivity contribution in [2.75, 3.05) is 6.61 Å². The van der Waals surface area contributed by atoms with Crippen LogP contribution in [0.25, 0.3) is 0 Å². The minimum atomic E-state index is -0.425. The highest BCUT2D eigenvalue weighted by Crippen LogP contribution is 2.29. The Kier molecular flexibility index (Phi) is 5.25. The van der Waals surface area contributed by atoms with Crippen molar-refractivity contribution in [2.45, 2.75) is 26.2 Å². The highest BCUT2D eigenvalue weighted by Gasteiger charge is 2.09. The molecular formula is C11H14BrNO3. The molecular weight excluding hydrogens is 274 g/mol. The van der Waals surface area contributed by atoms with Crippen LogP contribution in [0.1, 0.15) is 26.2 Å². The van der Waals surface area contributed by atoms with Gasteiger partial charge < -0.3 is 4.74 Å². The third kappa shape index (κ3) is 3.81. The van der Waals surface area contributed by atoms with Gasteiger partial charge in [-0.1, -0.05) is 19.8 Å². The fourth-order valence-electron chi connectivity index (χ4n) is 1.25. The van der Waals surface area contributed by atoms with Crippen LogP contribution in [0, 0.1) is 10.1 Å². The highest BCUT2D eigenvalue weighted by molar-refractivity contribution is 9.10. The minimum Gasteiger partial charge on any atom is -0.492 e. The fraction of sp³-hybridized carbons (Fsp3) is 0.455. The van der Waals surface area contributed by atoms with Gasteiger partial charge in [-0.15, -0.1) is 0 Å². The molecule has 5 heteroatoms. The van der Waals surface area contributed by atoms with Crippen molar-refractivity contribution >= 4 is 21.6 Å². The number of non-ortho nitro benzene ring substituents is 1. The van der Waals surface area contributed by atoms with E-state index in [1.54, 1.807) is 6.07 Å². The molecule has 4 nitrogen and oxygen atoms in total. The number of rotatable bonds is 6. The second kappa shape index (κ2) is 6.48. The SMILES string of the molecule is CCCCCOc1cc([N+](=O)[O-])ccc1Br. The van der Waals surface area contributed by atoms with Gasteiger partial charge in [0.15, 0.2) is 0 Å². The van der Waals surface area contributed by atoms with Crippen LogP contribution >= 0.6 is 15.9 Å². The van der Waals surface area contributed by atoms with Gasteiger partial charge in [-0.25, -0.2) is 0 Å². The van der Waals surface area contributed by atoms with E-state index in [0.717, 1.165) is 23.7 Å². The van der Waals surface area contributed by atoms with E-state index in [9.17, 15) is 10.1 Å². The number of nitro benzene ring substituents is 1. The minimum absolute atomic E-state index is 0.0497. The summed E-state index contributed by atoms with van der Waals surface area (Å²) in [5, 5.41) is 10.6. The number of hydrogen-bond donors (Lipinski definition) is 0. The molecule has 1 aromatic carbocycles. The van der Waals surface area contributed by atoms with Gasteiger partial charge in [-0.05, 0) is 28.4 Å². The van der Waals surface area contributed by atoms with E-state index in [1.807, 2.05) is 0 Å². The molecule has 1 aromatic rings. The van der Waals surface area contributed by atoms with Crippen LogP contribution in [-0.4, -0.2) is 11.5 Å². The Morgan fingerprint density at radius 1 is 1.44 bits per heavy atom. The van der Waals surface area contributed by atoms with Crippen LogP contribution in [0.15, 0.2) is 22.7 Å². The molecule has 0 aromatic heterocycles. The highest BCUT2D eigenvalue weighted by atomic mass is 79.9. The lowest BCUT2D eigenvalue weighted by Gasteiger charge is -2.07. The molecule has 0 aliphatic heterocycles. The van der Waals surface area contributed by atoms with Crippen molar-refractivity contribution in [1.29, 1.82) is 0 Å². The first-order valence-corrected chi connectivity index (χ1v) is 6.01. The standard InChI is InChI=1S/C11H14BrNO3/c1-2-3-4-7-16-11-8-9(13(14)15)5-6-10(11)12/h5-6,8H,2-4,7H2,1H3. The van der Waals surface area contributed by atoms with Crippen LogP contribution in [0.2, 0.25) is 0 Å². The number of unbranched alkanes of at least 4 members (excludes halogenated alkanes) is 2. The summed E-state index contributed by atoms with van der Waals surface area (Å²) in [5.41, 5.74) is 0.0497. The number of ether oxygens (including phenoxy) is 1. The molecule has 0 saturated heterocycles. The lowest BCUT2D eigenvalue weighted by molar-refractivity contribution is -0.385. The van der Waals surface area contributed by atoms with Gasteiger partial charge in [-0.2, -0.15) is 0 Å². The van der Waals surface area contributed by atoms with E-state index in [1.165, 1.54) is 12.1 Å². The topological polar surface area (TPSA) is 52.4 Å². The Labute approximate surface area is 103 Å². The van der Waals surface area contributed by atoms with Crippen molar-refractivity contribution in [3.05, 3.63) is 32.8 Å². The molecule has 0 bridgehead atoms. The summed E-state index contributed by atoms with van der Waals surface area (Å²) >= 11 is 3.30. The molecule has 0 saturated carbocycles. The molecule has 0 atom stereocenters. The van der Waals surface area contributed by atoms with E-state index >= 15 is 0 Å². The van der Waals surface area contributed by atoms with Gasteiger partial charge >= 0.3 is 0 Å². The van der Waals surface area contributed by atoms with Gasteiger partial charge in [-0.3, -0.25) is 10.1 Å². The van der Waals surface area contributed by atoms with Crippen LogP contribution < -0.4 is 4.74 Å². The first-order chi connectivity index (χ1) is 7.65. The zero-order chi connectivity index (χ0) is 12.0. The molecule has 0 N–H and O–H groups in total. The summed E-state index contributed by atoms with van der Waals surface area (Å²) in [4.78, 5) is 10.2. The zero-order valence-corrected chi connectivity index (χ0v) is 10.7. The smallest absolute Gasteiger partial charge is 0.273 e. The fourth-order valence-corrected chi connectivity index (χ4v) is 1.61. The number of halogens is 1. The molecule has 16 heavy (non-hydrogen) atoms. The van der Waals surface area contributed by atoms with Gasteiger partial charge in [0.2, 0.25) is 0 Å². The maximum Gasteiger partial charge on any atom is 0.273 e. The van der Waals surface area contributed by atoms with E-state index in [-0.39, 0.29) is 5.69 Å². The molecule has 0 aliphatic rings. The van der Waals surface area contributed by atoms with E-state index in [4.69, 9.17) is 4.74 Å². The lowest BCUT2D eigenvalue weighted by atomic mass is 10.2. The molecule has 1 rings (SSSR count).